The first-order valence-corrected chi connectivity index (χ1v) is 7.09. The first-order valence-electron chi connectivity index (χ1n) is 6.30. The number of unbranched alkanes of at least 4 members (excludes halogenated alkanes) is 1. The normalized spacial score (nSPS) is 11.9. The summed E-state index contributed by atoms with van der Waals surface area (Å²) in [5.74, 6) is -1.25. The molecule has 0 saturated heterocycles. The van der Waals surface area contributed by atoms with Crippen molar-refractivity contribution in [2.45, 2.75) is 38.6 Å². The molecule has 0 bridgehead atoms. The monoisotopic (exact) mass is 327 g/mol. The summed E-state index contributed by atoms with van der Waals surface area (Å²) in [4.78, 5) is 22.9. The molecule has 104 valence electrons. The van der Waals surface area contributed by atoms with Crippen molar-refractivity contribution in [2.24, 2.45) is 0 Å². The highest BCUT2D eigenvalue weighted by molar-refractivity contribution is 9.10. The van der Waals surface area contributed by atoms with Gasteiger partial charge in [0, 0.05) is 4.47 Å². The van der Waals surface area contributed by atoms with Gasteiger partial charge in [-0.15, -0.1) is 0 Å². The molecule has 0 aliphatic carbocycles. The number of carbonyl (C=O) groups is 2. The van der Waals surface area contributed by atoms with E-state index in [2.05, 4.69) is 21.2 Å². The van der Waals surface area contributed by atoms with Crippen LogP contribution in [0.25, 0.3) is 0 Å². The Hall–Kier alpha value is -1.36. The van der Waals surface area contributed by atoms with E-state index in [4.69, 9.17) is 5.11 Å². The summed E-state index contributed by atoms with van der Waals surface area (Å²) in [6.07, 6.45) is 2.33. The van der Waals surface area contributed by atoms with Crippen LogP contribution < -0.4 is 5.32 Å². The maximum atomic E-state index is 11.8. The summed E-state index contributed by atoms with van der Waals surface area (Å²) in [5.41, 5.74) is 0.847. The summed E-state index contributed by atoms with van der Waals surface area (Å²) in [6, 6.07) is 6.61. The molecule has 1 amide bonds. The minimum absolute atomic E-state index is 0.178. The largest absolute Gasteiger partial charge is 0.480 e. The lowest BCUT2D eigenvalue weighted by Gasteiger charge is -2.14. The molecule has 1 unspecified atom stereocenters. The van der Waals surface area contributed by atoms with Crippen LogP contribution in [-0.4, -0.2) is 23.0 Å². The molecular formula is C14H18BrNO3. The van der Waals surface area contributed by atoms with E-state index in [1.165, 1.54) is 0 Å². The van der Waals surface area contributed by atoms with Crippen LogP contribution >= 0.6 is 15.9 Å². The number of benzene rings is 1. The fourth-order valence-corrected chi connectivity index (χ4v) is 2.15. The molecule has 0 saturated carbocycles. The van der Waals surface area contributed by atoms with Gasteiger partial charge in [-0.05, 0) is 18.1 Å². The number of amides is 1. The second-order valence-electron chi connectivity index (χ2n) is 4.37. The molecule has 5 heteroatoms. The number of nitrogens with one attached hydrogen (secondary N) is 1. The summed E-state index contributed by atoms with van der Waals surface area (Å²) >= 11 is 3.37. The fourth-order valence-electron chi connectivity index (χ4n) is 1.73. The van der Waals surface area contributed by atoms with Gasteiger partial charge >= 0.3 is 5.97 Å². The molecule has 1 rings (SSSR count). The van der Waals surface area contributed by atoms with Crippen molar-refractivity contribution >= 4 is 27.8 Å². The molecule has 4 nitrogen and oxygen atoms in total. The lowest BCUT2D eigenvalue weighted by atomic mass is 10.1. The van der Waals surface area contributed by atoms with Gasteiger partial charge in [-0.1, -0.05) is 53.9 Å². The zero-order chi connectivity index (χ0) is 14.3. The number of halogens is 1. The van der Waals surface area contributed by atoms with E-state index in [0.717, 1.165) is 22.9 Å². The van der Waals surface area contributed by atoms with E-state index in [9.17, 15) is 9.59 Å². The highest BCUT2D eigenvalue weighted by Gasteiger charge is 2.19. The maximum Gasteiger partial charge on any atom is 0.326 e. The molecule has 1 atom stereocenters. The predicted octanol–water partition coefficient (Wildman–Crippen LogP) is 2.75. The molecule has 19 heavy (non-hydrogen) atoms. The van der Waals surface area contributed by atoms with Gasteiger partial charge in [-0.2, -0.15) is 0 Å². The molecule has 2 N–H and O–H groups in total. The molecule has 0 spiro atoms. The third-order valence-corrected chi connectivity index (χ3v) is 3.56. The molecular weight excluding hydrogens is 310 g/mol. The number of hydrogen-bond donors (Lipinski definition) is 2. The van der Waals surface area contributed by atoms with Gasteiger partial charge in [0.05, 0.1) is 6.42 Å². The van der Waals surface area contributed by atoms with Crippen molar-refractivity contribution < 1.29 is 14.7 Å². The Morgan fingerprint density at radius 2 is 2.05 bits per heavy atom. The third-order valence-electron chi connectivity index (χ3n) is 2.79. The molecule has 0 fully saturated rings. The van der Waals surface area contributed by atoms with Gasteiger partial charge in [0.15, 0.2) is 0 Å². The van der Waals surface area contributed by atoms with Crippen LogP contribution in [0.4, 0.5) is 0 Å². The number of carboxylic acids is 1. The minimum Gasteiger partial charge on any atom is -0.480 e. The first kappa shape index (κ1) is 15.7. The van der Waals surface area contributed by atoms with Crippen molar-refractivity contribution in [3.63, 3.8) is 0 Å². The van der Waals surface area contributed by atoms with Gasteiger partial charge in [0.2, 0.25) is 5.91 Å². The van der Waals surface area contributed by atoms with E-state index in [1.54, 1.807) is 0 Å². The summed E-state index contributed by atoms with van der Waals surface area (Å²) in [5, 5.41) is 11.6. The molecule has 1 aromatic rings. The Kier molecular flexibility index (Phi) is 6.56. The van der Waals surface area contributed by atoms with Crippen molar-refractivity contribution in [2.75, 3.05) is 0 Å². The van der Waals surface area contributed by atoms with Crippen LogP contribution in [0.2, 0.25) is 0 Å². The Morgan fingerprint density at radius 3 is 2.63 bits per heavy atom. The number of carboxylic acid groups (broad SMARTS) is 1. The highest BCUT2D eigenvalue weighted by Crippen LogP contribution is 2.16. The Bertz CT molecular complexity index is 448. The smallest absolute Gasteiger partial charge is 0.326 e. The zero-order valence-electron chi connectivity index (χ0n) is 10.9. The average molecular weight is 328 g/mol. The second-order valence-corrected chi connectivity index (χ2v) is 5.22. The molecule has 0 aromatic heterocycles. The summed E-state index contributed by atoms with van der Waals surface area (Å²) in [7, 11) is 0. The highest BCUT2D eigenvalue weighted by atomic mass is 79.9. The van der Waals surface area contributed by atoms with E-state index >= 15 is 0 Å². The van der Waals surface area contributed by atoms with Crippen molar-refractivity contribution in [1.29, 1.82) is 0 Å². The standard InChI is InChI=1S/C14H18BrNO3/c1-2-3-8-12(14(18)19)16-13(17)9-10-6-4-5-7-11(10)15/h4-7,12H,2-3,8-9H2,1H3,(H,16,17)(H,18,19). The van der Waals surface area contributed by atoms with Crippen molar-refractivity contribution in [1.82, 2.24) is 5.32 Å². The molecule has 1 aromatic carbocycles. The zero-order valence-corrected chi connectivity index (χ0v) is 12.4. The van der Waals surface area contributed by atoms with Gasteiger partial charge in [-0.25, -0.2) is 4.79 Å². The van der Waals surface area contributed by atoms with E-state index in [0.29, 0.717) is 6.42 Å². The molecule has 0 radical (unpaired) electrons. The summed E-state index contributed by atoms with van der Waals surface area (Å²) < 4.78 is 0.852. The van der Waals surface area contributed by atoms with Crippen LogP contribution in [0.1, 0.15) is 31.7 Å². The number of hydrogen-bond acceptors (Lipinski definition) is 2. The van der Waals surface area contributed by atoms with Crippen molar-refractivity contribution in [3.8, 4) is 0 Å². The minimum atomic E-state index is -0.978. The quantitative estimate of drug-likeness (QED) is 0.809. The maximum absolute atomic E-state index is 11.8. The second kappa shape index (κ2) is 7.94. The van der Waals surface area contributed by atoms with Gasteiger partial charge in [-0.3, -0.25) is 4.79 Å². The van der Waals surface area contributed by atoms with Gasteiger partial charge < -0.3 is 10.4 Å². The van der Waals surface area contributed by atoms with Gasteiger partial charge in [0.1, 0.15) is 6.04 Å². The molecule has 0 aliphatic heterocycles. The molecule has 0 heterocycles. The van der Waals surface area contributed by atoms with Crippen molar-refractivity contribution in [3.05, 3.63) is 34.3 Å². The Balaban J connectivity index is 2.58. The topological polar surface area (TPSA) is 66.4 Å². The van der Waals surface area contributed by atoms with E-state index in [1.807, 2.05) is 31.2 Å². The summed E-state index contributed by atoms with van der Waals surface area (Å²) in [6.45, 7) is 1.99. The Labute approximate surface area is 121 Å². The predicted molar refractivity (Wildman–Crippen MR) is 76.9 cm³/mol. The fraction of sp³-hybridized carbons (Fsp3) is 0.429. The Morgan fingerprint density at radius 1 is 1.37 bits per heavy atom. The number of rotatable bonds is 7. The van der Waals surface area contributed by atoms with Gasteiger partial charge in [0.25, 0.3) is 0 Å². The van der Waals surface area contributed by atoms with Crippen LogP contribution in [0.3, 0.4) is 0 Å². The number of carbonyl (C=O) groups excluding carboxylic acids is 1. The van der Waals surface area contributed by atoms with Crippen LogP contribution in [0.5, 0.6) is 0 Å². The number of aliphatic carboxylic acids is 1. The lowest BCUT2D eigenvalue weighted by Crippen LogP contribution is -2.41. The molecule has 0 aliphatic rings. The van der Waals surface area contributed by atoms with Crippen LogP contribution in [-0.2, 0) is 16.0 Å². The lowest BCUT2D eigenvalue weighted by molar-refractivity contribution is -0.142. The van der Waals surface area contributed by atoms with E-state index in [-0.39, 0.29) is 12.3 Å². The van der Waals surface area contributed by atoms with E-state index < -0.39 is 12.0 Å². The third kappa shape index (κ3) is 5.42. The van der Waals surface area contributed by atoms with Crippen LogP contribution in [0, 0.1) is 0 Å². The van der Waals surface area contributed by atoms with Crippen LogP contribution in [0.15, 0.2) is 28.7 Å². The average Bonchev–Trinajstić information content (AvgIpc) is 2.37. The SMILES string of the molecule is CCCCC(NC(=O)Cc1ccccc1Br)C(=O)O. The first-order chi connectivity index (χ1) is 9.04.